The molecule has 7 nitrogen and oxygen atoms in total. The van der Waals surface area contributed by atoms with Gasteiger partial charge in [-0.15, -0.1) is 0 Å². The Morgan fingerprint density at radius 1 is 0.933 bits per heavy atom. The summed E-state index contributed by atoms with van der Waals surface area (Å²) in [4.78, 5) is 26.1. The van der Waals surface area contributed by atoms with Gasteiger partial charge in [0.15, 0.2) is 0 Å². The second-order valence-electron chi connectivity index (χ2n) is 6.91. The molecule has 0 aromatic heterocycles. The van der Waals surface area contributed by atoms with E-state index in [0.29, 0.717) is 11.5 Å². The molecule has 1 amide bonds. The number of hydrogen-bond donors (Lipinski definition) is 0. The Labute approximate surface area is 177 Å². The lowest BCUT2D eigenvalue weighted by molar-refractivity contribution is -0.147. The minimum absolute atomic E-state index is 0.130. The molecule has 0 saturated heterocycles. The molecule has 2 aromatic rings. The smallest absolute Gasteiger partial charge is 0.325 e. The van der Waals surface area contributed by atoms with Crippen LogP contribution in [0.2, 0.25) is 0 Å². The fourth-order valence-electron chi connectivity index (χ4n) is 3.00. The monoisotopic (exact) mass is 415 g/mol. The van der Waals surface area contributed by atoms with Gasteiger partial charge in [-0.3, -0.25) is 9.59 Å². The molecule has 0 N–H and O–H groups in total. The third-order valence-electron chi connectivity index (χ3n) is 4.59. The van der Waals surface area contributed by atoms with Crippen LogP contribution in [0.15, 0.2) is 36.4 Å². The van der Waals surface area contributed by atoms with Gasteiger partial charge in [0.1, 0.15) is 23.8 Å². The van der Waals surface area contributed by atoms with Crippen molar-refractivity contribution < 1.29 is 28.5 Å². The number of carbonyl (C=O) groups excluding carboxylic acids is 2. The van der Waals surface area contributed by atoms with Crippen LogP contribution >= 0.6 is 0 Å². The maximum atomic E-state index is 12.8. The minimum atomic E-state index is -0.492. The number of carbonyl (C=O) groups is 2. The Hall–Kier alpha value is -3.22. The number of esters is 1. The number of nitrogens with zero attached hydrogens (tertiary/aromatic N) is 1. The quantitative estimate of drug-likeness (QED) is 0.555. The first-order chi connectivity index (χ1) is 14.4. The molecule has 0 aliphatic carbocycles. The van der Waals surface area contributed by atoms with Crippen LogP contribution in [-0.4, -0.2) is 51.3 Å². The van der Waals surface area contributed by atoms with Crippen molar-refractivity contribution in [1.29, 1.82) is 0 Å². The van der Waals surface area contributed by atoms with E-state index in [1.165, 1.54) is 12.0 Å². The number of hydrogen-bond acceptors (Lipinski definition) is 6. The van der Waals surface area contributed by atoms with E-state index in [1.54, 1.807) is 32.4 Å². The molecule has 2 aromatic carbocycles. The zero-order valence-electron chi connectivity index (χ0n) is 18.2. The molecule has 0 heterocycles. The number of rotatable bonds is 10. The van der Waals surface area contributed by atoms with Crippen LogP contribution in [0.5, 0.6) is 17.2 Å². The molecule has 0 aliphatic rings. The van der Waals surface area contributed by atoms with E-state index in [2.05, 4.69) is 0 Å². The van der Waals surface area contributed by atoms with Gasteiger partial charge in [0.2, 0.25) is 5.91 Å². The van der Waals surface area contributed by atoms with Crippen molar-refractivity contribution in [3.63, 3.8) is 0 Å². The van der Waals surface area contributed by atoms with E-state index in [0.717, 1.165) is 22.4 Å². The van der Waals surface area contributed by atoms with E-state index in [1.807, 2.05) is 32.0 Å². The lowest BCUT2D eigenvalue weighted by Gasteiger charge is -2.22. The summed E-state index contributed by atoms with van der Waals surface area (Å²) in [6.07, 6.45) is 0.130. The number of aryl methyl sites for hydroxylation is 2. The first-order valence-electron chi connectivity index (χ1n) is 9.62. The van der Waals surface area contributed by atoms with E-state index < -0.39 is 5.97 Å². The molecule has 7 heteroatoms. The highest BCUT2D eigenvalue weighted by molar-refractivity contribution is 5.82. The van der Waals surface area contributed by atoms with Crippen LogP contribution in [0.1, 0.15) is 23.1 Å². The zero-order valence-corrected chi connectivity index (χ0v) is 18.2. The standard InChI is InChI=1S/C23H29NO6/c1-16-6-7-21(17(2)10-16)30-9-8-22(25)24(15-23(26)29-5)14-18-11-19(27-3)13-20(12-18)28-4/h6-7,10-13H,8-9,14-15H2,1-5H3. The van der Waals surface area contributed by atoms with Gasteiger partial charge in [-0.05, 0) is 43.2 Å². The van der Waals surface area contributed by atoms with Crippen molar-refractivity contribution in [2.24, 2.45) is 0 Å². The number of ether oxygens (including phenoxy) is 4. The van der Waals surface area contributed by atoms with Gasteiger partial charge in [0.05, 0.1) is 34.4 Å². The molecule has 0 aliphatic heterocycles. The largest absolute Gasteiger partial charge is 0.497 e. The first kappa shape index (κ1) is 23.1. The molecular formula is C23H29NO6. The molecule has 0 atom stereocenters. The summed E-state index contributed by atoms with van der Waals surface area (Å²) in [5, 5.41) is 0. The maximum Gasteiger partial charge on any atom is 0.325 e. The Balaban J connectivity index is 2.07. The van der Waals surface area contributed by atoms with E-state index >= 15 is 0 Å². The molecule has 0 unspecified atom stereocenters. The number of methoxy groups -OCH3 is 3. The van der Waals surface area contributed by atoms with Crippen molar-refractivity contribution in [2.75, 3.05) is 34.5 Å². The highest BCUT2D eigenvalue weighted by atomic mass is 16.5. The van der Waals surface area contributed by atoms with Gasteiger partial charge in [-0.1, -0.05) is 17.7 Å². The molecule has 30 heavy (non-hydrogen) atoms. The summed E-state index contributed by atoms with van der Waals surface area (Å²) < 4.78 is 21.1. The van der Waals surface area contributed by atoms with Gasteiger partial charge < -0.3 is 23.8 Å². The Morgan fingerprint density at radius 3 is 2.17 bits per heavy atom. The van der Waals surface area contributed by atoms with Crippen LogP contribution in [0.4, 0.5) is 0 Å². The molecule has 2 rings (SSSR count). The lowest BCUT2D eigenvalue weighted by atomic mass is 10.1. The second kappa shape index (κ2) is 11.1. The van der Waals surface area contributed by atoms with Gasteiger partial charge in [0, 0.05) is 12.6 Å². The topological polar surface area (TPSA) is 74.3 Å². The van der Waals surface area contributed by atoms with Crippen molar-refractivity contribution in [2.45, 2.75) is 26.8 Å². The van der Waals surface area contributed by atoms with Gasteiger partial charge >= 0.3 is 5.97 Å². The Bertz CT molecular complexity index is 858. The van der Waals surface area contributed by atoms with Gasteiger partial charge in [0.25, 0.3) is 0 Å². The molecular weight excluding hydrogens is 386 g/mol. The summed E-state index contributed by atoms with van der Waals surface area (Å²) in [5.74, 6) is 1.24. The molecule has 162 valence electrons. The summed E-state index contributed by atoms with van der Waals surface area (Å²) in [6.45, 7) is 4.24. The fraction of sp³-hybridized carbons (Fsp3) is 0.391. The number of amides is 1. The van der Waals surface area contributed by atoms with Crippen molar-refractivity contribution in [1.82, 2.24) is 4.90 Å². The third kappa shape index (κ3) is 6.69. The molecule has 0 radical (unpaired) electrons. The Morgan fingerprint density at radius 2 is 1.60 bits per heavy atom. The van der Waals surface area contributed by atoms with E-state index in [-0.39, 0.29) is 32.0 Å². The molecule has 0 fully saturated rings. The highest BCUT2D eigenvalue weighted by Crippen LogP contribution is 2.24. The van der Waals surface area contributed by atoms with Crippen LogP contribution in [-0.2, 0) is 20.9 Å². The van der Waals surface area contributed by atoms with Crippen LogP contribution in [0.3, 0.4) is 0 Å². The fourth-order valence-corrected chi connectivity index (χ4v) is 3.00. The average Bonchev–Trinajstić information content (AvgIpc) is 2.74. The van der Waals surface area contributed by atoms with Crippen LogP contribution < -0.4 is 14.2 Å². The maximum absolute atomic E-state index is 12.8. The summed E-state index contributed by atoms with van der Waals surface area (Å²) in [5.41, 5.74) is 2.94. The summed E-state index contributed by atoms with van der Waals surface area (Å²) in [6, 6.07) is 11.2. The van der Waals surface area contributed by atoms with E-state index in [9.17, 15) is 9.59 Å². The number of benzene rings is 2. The molecule has 0 bridgehead atoms. The zero-order chi connectivity index (χ0) is 22.1. The van der Waals surface area contributed by atoms with Crippen LogP contribution in [0.25, 0.3) is 0 Å². The molecule has 0 saturated carbocycles. The first-order valence-corrected chi connectivity index (χ1v) is 9.62. The summed E-state index contributed by atoms with van der Waals surface area (Å²) in [7, 11) is 4.41. The third-order valence-corrected chi connectivity index (χ3v) is 4.59. The predicted octanol–water partition coefficient (Wildman–Crippen LogP) is 3.29. The lowest BCUT2D eigenvalue weighted by Crippen LogP contribution is -2.36. The van der Waals surface area contributed by atoms with Crippen molar-refractivity contribution in [3.8, 4) is 17.2 Å². The highest BCUT2D eigenvalue weighted by Gasteiger charge is 2.19. The SMILES string of the molecule is COC(=O)CN(Cc1cc(OC)cc(OC)c1)C(=O)CCOc1ccc(C)cc1C. The normalized spacial score (nSPS) is 10.3. The average molecular weight is 415 g/mol. The predicted molar refractivity (Wildman–Crippen MR) is 113 cm³/mol. The Kier molecular flexibility index (Phi) is 8.53. The van der Waals surface area contributed by atoms with Gasteiger partial charge in [-0.2, -0.15) is 0 Å². The summed E-state index contributed by atoms with van der Waals surface area (Å²) >= 11 is 0. The minimum Gasteiger partial charge on any atom is -0.497 e. The van der Waals surface area contributed by atoms with Gasteiger partial charge in [-0.25, -0.2) is 0 Å². The van der Waals surface area contributed by atoms with Crippen molar-refractivity contribution >= 4 is 11.9 Å². The van der Waals surface area contributed by atoms with Crippen LogP contribution in [0, 0.1) is 13.8 Å². The van der Waals surface area contributed by atoms with Crippen molar-refractivity contribution in [3.05, 3.63) is 53.1 Å². The second-order valence-corrected chi connectivity index (χ2v) is 6.91. The van der Waals surface area contributed by atoms with E-state index in [4.69, 9.17) is 18.9 Å². The molecule has 0 spiro atoms.